The second-order valence-electron chi connectivity index (χ2n) is 6.25. The van der Waals surface area contributed by atoms with Crippen LogP contribution in [0.3, 0.4) is 0 Å². The van der Waals surface area contributed by atoms with Crippen LogP contribution in [0.25, 0.3) is 0 Å². The van der Waals surface area contributed by atoms with Gasteiger partial charge in [-0.3, -0.25) is 4.90 Å². The molecule has 0 bridgehead atoms. The molecule has 0 spiro atoms. The third-order valence-corrected chi connectivity index (χ3v) is 4.01. The van der Waals surface area contributed by atoms with E-state index >= 15 is 0 Å². The summed E-state index contributed by atoms with van der Waals surface area (Å²) in [6, 6.07) is 3.00. The summed E-state index contributed by atoms with van der Waals surface area (Å²) in [4.78, 5) is 2.55. The van der Waals surface area contributed by atoms with Gasteiger partial charge in [0.15, 0.2) is 0 Å². The number of nitrogens with one attached hydrogen (secondary N) is 1. The summed E-state index contributed by atoms with van der Waals surface area (Å²) in [6.45, 7) is 6.64. The van der Waals surface area contributed by atoms with Crippen molar-refractivity contribution in [1.82, 2.24) is 10.2 Å². The molecule has 0 unspecified atom stereocenters. The topological polar surface area (TPSA) is 28.4 Å². The van der Waals surface area contributed by atoms with Gasteiger partial charge in [0.25, 0.3) is 0 Å². The molecule has 2 saturated carbocycles. The van der Waals surface area contributed by atoms with E-state index in [2.05, 4.69) is 23.2 Å². The number of furan rings is 1. The fourth-order valence-corrected chi connectivity index (χ4v) is 2.59. The summed E-state index contributed by atoms with van der Waals surface area (Å²) in [5.41, 5.74) is 1.30. The first-order valence-corrected chi connectivity index (χ1v) is 7.85. The van der Waals surface area contributed by atoms with Gasteiger partial charge in [-0.15, -0.1) is 0 Å². The molecular weight excluding hydrogens is 236 g/mol. The van der Waals surface area contributed by atoms with Gasteiger partial charge in [0.1, 0.15) is 5.76 Å². The third kappa shape index (κ3) is 4.36. The highest BCUT2D eigenvalue weighted by Crippen LogP contribution is 2.30. The van der Waals surface area contributed by atoms with E-state index in [-0.39, 0.29) is 0 Å². The van der Waals surface area contributed by atoms with Crippen molar-refractivity contribution in [2.24, 2.45) is 5.92 Å². The minimum absolute atomic E-state index is 0.768. The summed E-state index contributed by atoms with van der Waals surface area (Å²) in [6.07, 6.45) is 8.69. The zero-order valence-electron chi connectivity index (χ0n) is 12.0. The predicted octanol–water partition coefficient (Wildman–Crippen LogP) is 3.15. The molecule has 0 radical (unpaired) electrons. The Kier molecular flexibility index (Phi) is 4.24. The first-order valence-electron chi connectivity index (χ1n) is 7.85. The van der Waals surface area contributed by atoms with Crippen molar-refractivity contribution >= 4 is 0 Å². The van der Waals surface area contributed by atoms with Crippen LogP contribution in [0.2, 0.25) is 0 Å². The maximum atomic E-state index is 5.71. The Morgan fingerprint density at radius 1 is 1.32 bits per heavy atom. The van der Waals surface area contributed by atoms with Crippen LogP contribution < -0.4 is 5.32 Å². The maximum Gasteiger partial charge on any atom is 0.118 e. The third-order valence-electron chi connectivity index (χ3n) is 4.01. The first kappa shape index (κ1) is 13.2. The van der Waals surface area contributed by atoms with Gasteiger partial charge in [-0.1, -0.05) is 6.92 Å². The molecule has 3 nitrogen and oxygen atoms in total. The van der Waals surface area contributed by atoms with Crippen LogP contribution in [-0.2, 0) is 13.1 Å². The average Bonchev–Trinajstić information content (AvgIpc) is 3.30. The monoisotopic (exact) mass is 262 g/mol. The van der Waals surface area contributed by atoms with Gasteiger partial charge in [0, 0.05) is 24.7 Å². The molecule has 0 aliphatic heterocycles. The molecule has 0 atom stereocenters. The zero-order chi connectivity index (χ0) is 13.1. The van der Waals surface area contributed by atoms with Gasteiger partial charge < -0.3 is 9.73 Å². The second kappa shape index (κ2) is 6.10. The highest BCUT2D eigenvalue weighted by Gasteiger charge is 2.24. The van der Waals surface area contributed by atoms with Crippen molar-refractivity contribution < 1.29 is 4.42 Å². The van der Waals surface area contributed by atoms with E-state index in [4.69, 9.17) is 4.42 Å². The number of rotatable bonds is 9. The van der Waals surface area contributed by atoms with Crippen molar-refractivity contribution in [3.63, 3.8) is 0 Å². The number of nitrogens with zero attached hydrogens (tertiary/aromatic N) is 1. The van der Waals surface area contributed by atoms with Gasteiger partial charge in [-0.25, -0.2) is 0 Å². The van der Waals surface area contributed by atoms with E-state index in [1.165, 1.54) is 50.8 Å². The van der Waals surface area contributed by atoms with Gasteiger partial charge >= 0.3 is 0 Å². The molecule has 3 heteroatoms. The summed E-state index contributed by atoms with van der Waals surface area (Å²) in [5, 5.41) is 3.53. The summed E-state index contributed by atoms with van der Waals surface area (Å²) in [7, 11) is 0. The highest BCUT2D eigenvalue weighted by atomic mass is 16.3. The molecule has 106 valence electrons. The first-order chi connectivity index (χ1) is 9.33. The summed E-state index contributed by atoms with van der Waals surface area (Å²) in [5.74, 6) is 2.08. The Bertz CT molecular complexity index is 393. The molecule has 3 rings (SSSR count). The fraction of sp³-hybridized carbons (Fsp3) is 0.750. The quantitative estimate of drug-likeness (QED) is 0.741. The van der Waals surface area contributed by atoms with Crippen molar-refractivity contribution in [2.75, 3.05) is 13.1 Å². The van der Waals surface area contributed by atoms with E-state index in [1.54, 1.807) is 0 Å². The van der Waals surface area contributed by atoms with Crippen LogP contribution in [0.4, 0.5) is 0 Å². The Hall–Kier alpha value is -0.800. The van der Waals surface area contributed by atoms with E-state index in [9.17, 15) is 0 Å². The van der Waals surface area contributed by atoms with Crippen LogP contribution >= 0.6 is 0 Å². The minimum Gasteiger partial charge on any atom is -0.468 e. The largest absolute Gasteiger partial charge is 0.468 e. The van der Waals surface area contributed by atoms with E-state index < -0.39 is 0 Å². The zero-order valence-corrected chi connectivity index (χ0v) is 12.0. The molecule has 1 N–H and O–H groups in total. The van der Waals surface area contributed by atoms with Gasteiger partial charge in [0.2, 0.25) is 0 Å². The van der Waals surface area contributed by atoms with Crippen LogP contribution in [0.5, 0.6) is 0 Å². The molecule has 2 fully saturated rings. The minimum atomic E-state index is 0.768. The Morgan fingerprint density at radius 2 is 2.16 bits per heavy atom. The normalized spacial score (nSPS) is 19.3. The predicted molar refractivity (Wildman–Crippen MR) is 76.9 cm³/mol. The molecular formula is C16H26N2O. The van der Waals surface area contributed by atoms with Crippen molar-refractivity contribution in [3.8, 4) is 0 Å². The van der Waals surface area contributed by atoms with Crippen LogP contribution in [0.1, 0.15) is 50.4 Å². The van der Waals surface area contributed by atoms with E-state index in [0.717, 1.165) is 30.8 Å². The van der Waals surface area contributed by atoms with E-state index in [0.29, 0.717) is 0 Å². The lowest BCUT2D eigenvalue weighted by molar-refractivity contribution is 0.235. The van der Waals surface area contributed by atoms with Gasteiger partial charge in [-0.2, -0.15) is 0 Å². The molecule has 0 saturated heterocycles. The summed E-state index contributed by atoms with van der Waals surface area (Å²) >= 11 is 0. The van der Waals surface area contributed by atoms with Crippen molar-refractivity contribution in [1.29, 1.82) is 0 Å². The smallest absolute Gasteiger partial charge is 0.118 e. The maximum absolute atomic E-state index is 5.71. The number of hydrogen-bond donors (Lipinski definition) is 1. The van der Waals surface area contributed by atoms with Crippen LogP contribution in [-0.4, -0.2) is 24.0 Å². The van der Waals surface area contributed by atoms with Gasteiger partial charge in [-0.05, 0) is 50.6 Å². The SMILES string of the molecule is CCCN(Cc1cc(CNC2CC2)co1)CC1CC1. The molecule has 2 aliphatic carbocycles. The Balaban J connectivity index is 1.48. The molecule has 1 heterocycles. The highest BCUT2D eigenvalue weighted by molar-refractivity contribution is 5.13. The second-order valence-corrected chi connectivity index (χ2v) is 6.25. The molecule has 1 aromatic heterocycles. The lowest BCUT2D eigenvalue weighted by Crippen LogP contribution is -2.26. The molecule has 1 aromatic rings. The average molecular weight is 262 g/mol. The standard InChI is InChI=1S/C16H26N2O/c1-2-7-18(10-13-3-4-13)11-16-8-14(12-19-16)9-17-15-5-6-15/h8,12-13,15,17H,2-7,9-11H2,1H3. The lowest BCUT2D eigenvalue weighted by Gasteiger charge is -2.19. The van der Waals surface area contributed by atoms with Crippen molar-refractivity contribution in [2.45, 2.75) is 58.2 Å². The Morgan fingerprint density at radius 3 is 2.84 bits per heavy atom. The molecule has 19 heavy (non-hydrogen) atoms. The molecule has 0 amide bonds. The fourth-order valence-electron chi connectivity index (χ4n) is 2.59. The van der Waals surface area contributed by atoms with Crippen LogP contribution in [0, 0.1) is 5.92 Å². The molecule has 0 aromatic carbocycles. The van der Waals surface area contributed by atoms with Gasteiger partial charge in [0.05, 0.1) is 12.8 Å². The summed E-state index contributed by atoms with van der Waals surface area (Å²) < 4.78 is 5.71. The molecule has 2 aliphatic rings. The lowest BCUT2D eigenvalue weighted by atomic mass is 10.2. The van der Waals surface area contributed by atoms with Crippen molar-refractivity contribution in [3.05, 3.63) is 23.7 Å². The van der Waals surface area contributed by atoms with Crippen LogP contribution in [0.15, 0.2) is 16.7 Å². The Labute approximate surface area is 116 Å². The van der Waals surface area contributed by atoms with E-state index in [1.807, 2.05) is 6.26 Å². The number of hydrogen-bond acceptors (Lipinski definition) is 3.